The van der Waals surface area contributed by atoms with Crippen molar-refractivity contribution < 1.29 is 26.7 Å². The molecule has 3 aromatic rings. The number of nitriles is 1. The van der Waals surface area contributed by atoms with E-state index in [1.54, 1.807) is 18.2 Å². The molecule has 0 saturated carbocycles. The Morgan fingerprint density at radius 3 is 2.56 bits per heavy atom. The van der Waals surface area contributed by atoms with Crippen molar-refractivity contribution in [1.29, 1.82) is 5.26 Å². The van der Waals surface area contributed by atoms with Crippen LogP contribution in [0.1, 0.15) is 18.9 Å². The number of hydrogen-bond acceptors (Lipinski definition) is 5. The van der Waals surface area contributed by atoms with Crippen LogP contribution >= 0.6 is 0 Å². The second-order valence-electron chi connectivity index (χ2n) is 7.44. The van der Waals surface area contributed by atoms with Gasteiger partial charge in [-0.25, -0.2) is 21.2 Å². The molecule has 1 atom stereocenters. The van der Waals surface area contributed by atoms with E-state index in [1.165, 1.54) is 43.5 Å². The third-order valence-electron chi connectivity index (χ3n) is 5.41. The highest BCUT2D eigenvalue weighted by Gasteiger charge is 2.46. The predicted molar refractivity (Wildman–Crippen MR) is 114 cm³/mol. The van der Waals surface area contributed by atoms with Gasteiger partial charge in [0.1, 0.15) is 40.2 Å². The van der Waals surface area contributed by atoms with Crippen molar-refractivity contribution in [3.05, 3.63) is 83.6 Å². The number of hydrogen-bond donors (Lipinski definition) is 0. The first-order chi connectivity index (χ1) is 15.2. The van der Waals surface area contributed by atoms with E-state index in [1.807, 2.05) is 0 Å². The van der Waals surface area contributed by atoms with E-state index in [4.69, 9.17) is 10.00 Å². The largest absolute Gasteiger partial charge is 0.457 e. The molecule has 0 radical (unpaired) electrons. The Balaban J connectivity index is 1.69. The molecule has 162 valence electrons. The molecule has 1 aromatic heterocycles. The number of nitrogens with zero attached hydrogens (tertiary/aromatic N) is 2. The summed E-state index contributed by atoms with van der Waals surface area (Å²) in [6.07, 6.45) is 3.94. The summed E-state index contributed by atoms with van der Waals surface area (Å²) in [7, 11) is -4.22. The van der Waals surface area contributed by atoms with E-state index < -0.39 is 26.4 Å². The molecule has 1 heterocycles. The monoisotopic (exact) mass is 454 g/mol. The second kappa shape index (κ2) is 7.73. The first kappa shape index (κ1) is 21.5. The van der Waals surface area contributed by atoms with Crippen molar-refractivity contribution in [2.45, 2.75) is 18.1 Å². The molecule has 0 bridgehead atoms. The summed E-state index contributed by atoms with van der Waals surface area (Å²) >= 11 is 0. The summed E-state index contributed by atoms with van der Waals surface area (Å²) in [4.78, 5) is 10.9. The Hall–Kier alpha value is -3.77. The molecule has 0 N–H and O–H groups in total. The van der Waals surface area contributed by atoms with Crippen LogP contribution < -0.4 is 4.74 Å². The minimum atomic E-state index is -4.22. The molecule has 4 rings (SSSR count). The average Bonchev–Trinajstić information content (AvgIpc) is 3.21. The van der Waals surface area contributed by atoms with Gasteiger partial charge >= 0.3 is 0 Å². The molecule has 1 unspecified atom stereocenters. The van der Waals surface area contributed by atoms with Crippen molar-refractivity contribution >= 4 is 27.2 Å². The van der Waals surface area contributed by atoms with Crippen LogP contribution in [0, 0.1) is 17.1 Å². The van der Waals surface area contributed by atoms with Gasteiger partial charge in [-0.1, -0.05) is 6.08 Å². The topological polar surface area (TPSA) is 89.2 Å². The molecule has 0 spiro atoms. The fraction of sp³-hybridized carbons (Fsp3) is 0.130. The summed E-state index contributed by atoms with van der Waals surface area (Å²) in [5, 5.41) is 9.46. The fourth-order valence-electron chi connectivity index (χ4n) is 3.45. The lowest BCUT2D eigenvalue weighted by molar-refractivity contribution is -0.104. The number of allylic oxidation sites excluding steroid dienone is 3. The molecule has 0 aliphatic heterocycles. The zero-order valence-electron chi connectivity index (χ0n) is 16.7. The Kier molecular flexibility index (Phi) is 5.18. The number of carbonyl (C=O) groups excluding carboxylic acids is 1. The van der Waals surface area contributed by atoms with Crippen molar-refractivity contribution in [3.63, 3.8) is 0 Å². The lowest BCUT2D eigenvalue weighted by Gasteiger charge is -2.29. The van der Waals surface area contributed by atoms with Gasteiger partial charge < -0.3 is 4.74 Å². The number of fused-ring (bicyclic) bond motifs is 1. The first-order valence-electron chi connectivity index (χ1n) is 9.46. The molecule has 6 nitrogen and oxygen atoms in total. The summed E-state index contributed by atoms with van der Waals surface area (Å²) in [6.45, 7) is 1.27. The highest BCUT2D eigenvalue weighted by Crippen LogP contribution is 2.39. The van der Waals surface area contributed by atoms with Gasteiger partial charge in [-0.15, -0.1) is 0 Å². The van der Waals surface area contributed by atoms with Gasteiger partial charge in [-0.05, 0) is 55.8 Å². The number of ether oxygens (including phenoxy) is 1. The molecule has 1 aliphatic carbocycles. The minimum Gasteiger partial charge on any atom is -0.457 e. The molecule has 0 fully saturated rings. The van der Waals surface area contributed by atoms with E-state index >= 15 is 0 Å². The van der Waals surface area contributed by atoms with Crippen LogP contribution in [0.15, 0.2) is 72.2 Å². The number of aldehydes is 1. The predicted octanol–water partition coefficient (Wildman–Crippen LogP) is 4.76. The van der Waals surface area contributed by atoms with Crippen molar-refractivity contribution in [2.24, 2.45) is 0 Å². The van der Waals surface area contributed by atoms with Crippen molar-refractivity contribution in [3.8, 4) is 17.6 Å². The molecule has 2 aromatic carbocycles. The van der Waals surface area contributed by atoms with Gasteiger partial charge in [0.15, 0.2) is 0 Å². The molecular formula is C23H16F2N2O4S. The van der Waals surface area contributed by atoms with Gasteiger partial charge in [-0.2, -0.15) is 5.26 Å². The first-order valence-corrected chi connectivity index (χ1v) is 10.9. The van der Waals surface area contributed by atoms with Gasteiger partial charge in [0.25, 0.3) is 10.0 Å². The van der Waals surface area contributed by atoms with Gasteiger partial charge in [0.2, 0.25) is 0 Å². The van der Waals surface area contributed by atoms with Crippen LogP contribution in [0.3, 0.4) is 0 Å². The smallest absolute Gasteiger partial charge is 0.251 e. The maximum Gasteiger partial charge on any atom is 0.251 e. The Labute approximate surface area is 182 Å². The van der Waals surface area contributed by atoms with Crippen LogP contribution in [0.2, 0.25) is 0 Å². The number of benzene rings is 2. The highest BCUT2D eigenvalue weighted by atomic mass is 32.2. The van der Waals surface area contributed by atoms with Crippen LogP contribution in [0.25, 0.3) is 10.9 Å². The van der Waals surface area contributed by atoms with E-state index in [0.29, 0.717) is 22.9 Å². The SMILES string of the molecule is CC1(S(=O)(=O)n2ccc3cc(Oc4ccc(F)c(C#N)c4)ccc32)CC=C(C=O)C=C1F. The standard InChI is InChI=1S/C23H16F2N2O4S/c1-23(8-6-15(14-28)10-22(23)25)32(29,30)27-9-7-16-11-19(3-5-21(16)27)31-18-2-4-20(24)17(12-18)13-26/h2-7,9-12,14H,8H2,1H3. The van der Waals surface area contributed by atoms with E-state index in [9.17, 15) is 22.0 Å². The molecular weight excluding hydrogens is 438 g/mol. The third kappa shape index (κ3) is 3.39. The van der Waals surface area contributed by atoms with Gasteiger partial charge in [-0.3, -0.25) is 4.79 Å². The van der Waals surface area contributed by atoms with Crippen LogP contribution in [0.4, 0.5) is 8.78 Å². The van der Waals surface area contributed by atoms with E-state index in [-0.39, 0.29) is 23.3 Å². The fourth-order valence-corrected chi connectivity index (χ4v) is 5.13. The van der Waals surface area contributed by atoms with E-state index in [2.05, 4.69) is 0 Å². The molecule has 32 heavy (non-hydrogen) atoms. The lowest BCUT2D eigenvalue weighted by Crippen LogP contribution is -2.40. The third-order valence-corrected chi connectivity index (χ3v) is 7.75. The minimum absolute atomic E-state index is 0.0923. The summed E-state index contributed by atoms with van der Waals surface area (Å²) in [5.74, 6) is -0.982. The van der Waals surface area contributed by atoms with Gasteiger partial charge in [0.05, 0.1) is 11.1 Å². The van der Waals surface area contributed by atoms with Crippen LogP contribution in [-0.2, 0) is 14.8 Å². The average molecular weight is 454 g/mol. The number of halogens is 2. The number of rotatable bonds is 5. The van der Waals surface area contributed by atoms with Crippen molar-refractivity contribution in [1.82, 2.24) is 3.97 Å². The summed E-state index contributed by atoms with van der Waals surface area (Å²) in [5.41, 5.74) is 0.242. The number of carbonyl (C=O) groups is 1. The Morgan fingerprint density at radius 2 is 1.88 bits per heavy atom. The van der Waals surface area contributed by atoms with Crippen molar-refractivity contribution in [2.75, 3.05) is 0 Å². The molecule has 0 amide bonds. The Bertz CT molecular complexity index is 1460. The van der Waals surface area contributed by atoms with Crippen LogP contribution in [0.5, 0.6) is 11.5 Å². The lowest BCUT2D eigenvalue weighted by atomic mass is 9.97. The normalized spacial score (nSPS) is 18.6. The maximum atomic E-state index is 14.8. The maximum absolute atomic E-state index is 14.8. The summed E-state index contributed by atoms with van der Waals surface area (Å²) in [6, 6.07) is 11.6. The quantitative estimate of drug-likeness (QED) is 0.519. The zero-order valence-corrected chi connectivity index (χ0v) is 17.6. The molecule has 1 aliphatic rings. The van der Waals surface area contributed by atoms with Gasteiger partial charge in [0, 0.05) is 23.2 Å². The molecule has 9 heteroatoms. The number of aromatic nitrogens is 1. The summed E-state index contributed by atoms with van der Waals surface area (Å²) < 4.78 is 59.7. The zero-order chi connectivity index (χ0) is 23.1. The Morgan fingerprint density at radius 1 is 1.16 bits per heavy atom. The van der Waals surface area contributed by atoms with E-state index in [0.717, 1.165) is 16.1 Å². The second-order valence-corrected chi connectivity index (χ2v) is 9.69. The highest BCUT2D eigenvalue weighted by molar-refractivity contribution is 7.91. The molecule has 0 saturated heterocycles. The van der Waals surface area contributed by atoms with Crippen LogP contribution in [-0.4, -0.2) is 23.4 Å².